The first-order valence-electron chi connectivity index (χ1n) is 11.2. The Morgan fingerprint density at radius 1 is 1.22 bits per heavy atom. The molecule has 1 unspecified atom stereocenters. The fourth-order valence-corrected chi connectivity index (χ4v) is 4.25. The number of fused-ring (bicyclic) bond motifs is 2. The molecule has 8 heteroatoms. The number of anilines is 1. The van der Waals surface area contributed by atoms with Crippen LogP contribution in [0.1, 0.15) is 20.3 Å². The van der Waals surface area contributed by atoms with E-state index in [2.05, 4.69) is 58.0 Å². The Bertz CT molecular complexity index is 1230. The minimum absolute atomic E-state index is 0.175. The number of hydrogen-bond donors (Lipinski definition) is 2. The van der Waals surface area contributed by atoms with E-state index in [1.807, 2.05) is 6.07 Å². The van der Waals surface area contributed by atoms with E-state index in [1.165, 1.54) is 12.1 Å². The number of benzene rings is 2. The number of imidazole rings is 1. The van der Waals surface area contributed by atoms with Gasteiger partial charge in [0.1, 0.15) is 11.5 Å². The monoisotopic (exact) mass is 436 g/mol. The van der Waals surface area contributed by atoms with Crippen molar-refractivity contribution in [3.63, 3.8) is 0 Å². The lowest BCUT2D eigenvalue weighted by molar-refractivity contribution is 0.0393. The van der Waals surface area contributed by atoms with Gasteiger partial charge in [0.15, 0.2) is 5.82 Å². The highest BCUT2D eigenvalue weighted by Gasteiger charge is 2.22. The van der Waals surface area contributed by atoms with Gasteiger partial charge in [-0.25, -0.2) is 9.37 Å². The van der Waals surface area contributed by atoms with E-state index in [0.29, 0.717) is 23.1 Å². The number of rotatable bonds is 5. The fraction of sp³-hybridized carbons (Fsp3) is 0.417. The summed E-state index contributed by atoms with van der Waals surface area (Å²) in [5, 5.41) is 8.10. The molecule has 0 spiro atoms. The molecule has 32 heavy (non-hydrogen) atoms. The molecule has 5 rings (SSSR count). The maximum atomic E-state index is 13.5. The van der Waals surface area contributed by atoms with E-state index >= 15 is 0 Å². The Kier molecular flexibility index (Phi) is 5.57. The van der Waals surface area contributed by atoms with Crippen LogP contribution in [0.15, 0.2) is 36.4 Å². The molecule has 1 atom stereocenters. The number of aromatic nitrogens is 4. The topological polar surface area (TPSA) is 73.1 Å². The SMILES string of the molecule is CC(C)N(C)CC1CN(c2ccc3nc(-c4n[nH]c5cc(F)ccc45)[nH]c3c2)CCCO1. The molecule has 2 aromatic carbocycles. The number of H-pyrrole nitrogens is 2. The lowest BCUT2D eigenvalue weighted by Gasteiger charge is -2.30. The number of hydrogen-bond acceptors (Lipinski definition) is 5. The number of nitrogens with zero attached hydrogens (tertiary/aromatic N) is 4. The molecule has 0 radical (unpaired) electrons. The number of ether oxygens (including phenoxy) is 1. The van der Waals surface area contributed by atoms with Crippen molar-refractivity contribution in [2.24, 2.45) is 0 Å². The molecule has 2 aromatic heterocycles. The van der Waals surface area contributed by atoms with Crippen molar-refractivity contribution in [3.05, 3.63) is 42.2 Å². The molecule has 0 amide bonds. The van der Waals surface area contributed by atoms with Gasteiger partial charge in [-0.1, -0.05) is 0 Å². The zero-order valence-corrected chi connectivity index (χ0v) is 18.7. The van der Waals surface area contributed by atoms with E-state index in [4.69, 9.17) is 9.72 Å². The van der Waals surface area contributed by atoms with Gasteiger partial charge in [0.05, 0.1) is 22.7 Å². The molecule has 1 aliphatic rings. The van der Waals surface area contributed by atoms with Gasteiger partial charge in [-0.05, 0) is 63.7 Å². The quantitative estimate of drug-likeness (QED) is 0.491. The van der Waals surface area contributed by atoms with Crippen LogP contribution in [0.5, 0.6) is 0 Å². The normalized spacial score (nSPS) is 17.7. The average Bonchev–Trinajstić information content (AvgIpc) is 3.30. The molecule has 0 aliphatic carbocycles. The van der Waals surface area contributed by atoms with Crippen LogP contribution in [0.25, 0.3) is 33.5 Å². The van der Waals surface area contributed by atoms with E-state index in [0.717, 1.165) is 54.8 Å². The van der Waals surface area contributed by atoms with E-state index < -0.39 is 0 Å². The summed E-state index contributed by atoms with van der Waals surface area (Å²) in [6, 6.07) is 11.4. The summed E-state index contributed by atoms with van der Waals surface area (Å²) in [7, 11) is 2.15. The van der Waals surface area contributed by atoms with Gasteiger partial charge >= 0.3 is 0 Å². The first-order chi connectivity index (χ1) is 15.5. The smallest absolute Gasteiger partial charge is 0.159 e. The van der Waals surface area contributed by atoms with Crippen LogP contribution in [0.3, 0.4) is 0 Å². The van der Waals surface area contributed by atoms with Crippen LogP contribution in [0, 0.1) is 5.82 Å². The largest absolute Gasteiger partial charge is 0.375 e. The predicted octanol–water partition coefficient (Wildman–Crippen LogP) is 4.18. The Hall–Kier alpha value is -2.97. The molecule has 7 nitrogen and oxygen atoms in total. The van der Waals surface area contributed by atoms with Crippen LogP contribution in [-0.2, 0) is 4.74 Å². The third kappa shape index (κ3) is 4.08. The average molecular weight is 437 g/mol. The van der Waals surface area contributed by atoms with Crippen LogP contribution < -0.4 is 4.90 Å². The fourth-order valence-electron chi connectivity index (χ4n) is 4.25. The van der Waals surface area contributed by atoms with Crippen LogP contribution in [0.4, 0.5) is 10.1 Å². The molecule has 1 fully saturated rings. The van der Waals surface area contributed by atoms with E-state index in [1.54, 1.807) is 6.07 Å². The molecule has 168 valence electrons. The molecule has 2 N–H and O–H groups in total. The number of aromatic amines is 2. The summed E-state index contributed by atoms with van der Waals surface area (Å²) in [6.45, 7) is 7.94. The zero-order valence-electron chi connectivity index (χ0n) is 18.7. The van der Waals surface area contributed by atoms with Crippen molar-refractivity contribution in [2.75, 3.05) is 38.2 Å². The Morgan fingerprint density at radius 3 is 2.94 bits per heavy atom. The van der Waals surface area contributed by atoms with Gasteiger partial charge in [-0.2, -0.15) is 5.10 Å². The van der Waals surface area contributed by atoms with Crippen molar-refractivity contribution < 1.29 is 9.13 Å². The summed E-state index contributed by atoms with van der Waals surface area (Å²) in [4.78, 5) is 12.9. The third-order valence-corrected chi connectivity index (χ3v) is 6.30. The number of halogens is 1. The second-order valence-corrected chi connectivity index (χ2v) is 8.87. The van der Waals surface area contributed by atoms with E-state index in [9.17, 15) is 4.39 Å². The first-order valence-corrected chi connectivity index (χ1v) is 11.2. The first kappa shape index (κ1) is 20.9. The summed E-state index contributed by atoms with van der Waals surface area (Å²) >= 11 is 0. The van der Waals surface area contributed by atoms with Gasteiger partial charge < -0.3 is 19.5 Å². The van der Waals surface area contributed by atoms with Gasteiger partial charge in [0.2, 0.25) is 0 Å². The van der Waals surface area contributed by atoms with Crippen molar-refractivity contribution in [2.45, 2.75) is 32.4 Å². The molecular weight excluding hydrogens is 407 g/mol. The third-order valence-electron chi connectivity index (χ3n) is 6.30. The van der Waals surface area contributed by atoms with E-state index in [-0.39, 0.29) is 11.9 Å². The van der Waals surface area contributed by atoms with Crippen LogP contribution in [-0.4, -0.2) is 70.5 Å². The number of likely N-dealkylation sites (N-methyl/N-ethyl adjacent to an activating group) is 1. The molecule has 0 bridgehead atoms. The second kappa shape index (κ2) is 8.52. The van der Waals surface area contributed by atoms with Gasteiger partial charge in [-0.15, -0.1) is 0 Å². The van der Waals surface area contributed by atoms with Crippen molar-refractivity contribution >= 4 is 27.6 Å². The highest BCUT2D eigenvalue weighted by molar-refractivity contribution is 5.93. The summed E-state index contributed by atoms with van der Waals surface area (Å²) in [5.74, 6) is 0.381. The molecule has 3 heterocycles. The highest BCUT2D eigenvalue weighted by Crippen LogP contribution is 2.29. The Morgan fingerprint density at radius 2 is 2.09 bits per heavy atom. The summed E-state index contributed by atoms with van der Waals surface area (Å²) in [5.41, 5.74) is 4.34. The lowest BCUT2D eigenvalue weighted by Crippen LogP contribution is -2.41. The molecule has 4 aromatic rings. The standard InChI is InChI=1S/C24H29FN6O/c1-15(2)30(3)13-18-14-31(9-4-10-32-18)17-6-8-20-22(12-17)27-24(26-20)23-19-7-5-16(25)11-21(19)28-29-23/h5-8,11-12,15,18H,4,9-10,13-14H2,1-3H3,(H,26,27)(H,28,29). The molecule has 1 aliphatic heterocycles. The maximum Gasteiger partial charge on any atom is 0.159 e. The lowest BCUT2D eigenvalue weighted by atomic mass is 10.2. The predicted molar refractivity (Wildman–Crippen MR) is 125 cm³/mol. The second-order valence-electron chi connectivity index (χ2n) is 8.87. The minimum atomic E-state index is -0.290. The van der Waals surface area contributed by atoms with Crippen molar-refractivity contribution in [1.29, 1.82) is 0 Å². The molecule has 0 saturated carbocycles. The Labute approximate surface area is 186 Å². The molecular formula is C24H29FN6O. The van der Waals surface area contributed by atoms with Crippen molar-refractivity contribution in [1.82, 2.24) is 25.1 Å². The maximum absolute atomic E-state index is 13.5. The Balaban J connectivity index is 1.42. The number of nitrogens with one attached hydrogen (secondary N) is 2. The van der Waals surface area contributed by atoms with Crippen LogP contribution >= 0.6 is 0 Å². The zero-order chi connectivity index (χ0) is 22.2. The molecule has 1 saturated heterocycles. The van der Waals surface area contributed by atoms with Crippen LogP contribution in [0.2, 0.25) is 0 Å². The van der Waals surface area contributed by atoms with Gasteiger partial charge in [0.25, 0.3) is 0 Å². The highest BCUT2D eigenvalue weighted by atomic mass is 19.1. The summed E-state index contributed by atoms with van der Waals surface area (Å²) in [6.07, 6.45) is 1.18. The van der Waals surface area contributed by atoms with Crippen molar-refractivity contribution in [3.8, 4) is 11.5 Å². The summed E-state index contributed by atoms with van der Waals surface area (Å²) < 4.78 is 19.6. The minimum Gasteiger partial charge on any atom is -0.375 e. The van der Waals surface area contributed by atoms with Gasteiger partial charge in [-0.3, -0.25) is 5.10 Å². The van der Waals surface area contributed by atoms with Gasteiger partial charge in [0, 0.05) is 43.4 Å².